The lowest BCUT2D eigenvalue weighted by molar-refractivity contribution is -0.118. The van der Waals surface area contributed by atoms with Crippen LogP contribution in [-0.2, 0) is 4.79 Å². The molecule has 1 amide bonds. The van der Waals surface area contributed by atoms with E-state index in [4.69, 9.17) is 25.8 Å². The molecule has 0 atom stereocenters. The first-order chi connectivity index (χ1) is 14.1. The van der Waals surface area contributed by atoms with Gasteiger partial charge in [0.15, 0.2) is 23.9 Å². The molecule has 0 saturated heterocycles. The van der Waals surface area contributed by atoms with Crippen LogP contribution in [0.1, 0.15) is 15.9 Å². The van der Waals surface area contributed by atoms with Gasteiger partial charge in [0.2, 0.25) is 6.79 Å². The molecule has 0 radical (unpaired) electrons. The van der Waals surface area contributed by atoms with Crippen LogP contribution in [0.3, 0.4) is 0 Å². The van der Waals surface area contributed by atoms with Gasteiger partial charge in [0.05, 0.1) is 5.69 Å². The summed E-state index contributed by atoms with van der Waals surface area (Å²) in [6.07, 6.45) is 0. The van der Waals surface area contributed by atoms with Crippen molar-refractivity contribution in [2.75, 3.05) is 18.7 Å². The van der Waals surface area contributed by atoms with Gasteiger partial charge in [-0.2, -0.15) is 0 Å². The first kappa shape index (κ1) is 18.8. The molecule has 0 saturated carbocycles. The second-order valence-electron chi connectivity index (χ2n) is 6.24. The third-order valence-electron chi connectivity index (χ3n) is 4.25. The molecule has 0 aliphatic carbocycles. The maximum atomic E-state index is 12.8. The Morgan fingerprint density at radius 1 is 0.966 bits per heavy atom. The summed E-state index contributed by atoms with van der Waals surface area (Å²) < 4.78 is 16.0. The van der Waals surface area contributed by atoms with Crippen LogP contribution < -0.4 is 19.5 Å². The molecule has 146 valence electrons. The number of carbonyl (C=O) groups is 2. The van der Waals surface area contributed by atoms with Gasteiger partial charge < -0.3 is 19.5 Å². The fourth-order valence-corrected chi connectivity index (χ4v) is 3.03. The van der Waals surface area contributed by atoms with Crippen molar-refractivity contribution in [2.45, 2.75) is 0 Å². The average Bonchev–Trinajstić information content (AvgIpc) is 3.21. The summed E-state index contributed by atoms with van der Waals surface area (Å²) in [5.74, 6) is 1.02. The van der Waals surface area contributed by atoms with E-state index in [1.54, 1.807) is 54.6 Å². The van der Waals surface area contributed by atoms with Crippen molar-refractivity contribution in [3.05, 3.63) is 82.9 Å². The van der Waals surface area contributed by atoms with Crippen LogP contribution in [0.15, 0.2) is 66.7 Å². The Hall–Kier alpha value is -3.51. The Kier molecular flexibility index (Phi) is 5.35. The van der Waals surface area contributed by atoms with E-state index in [-0.39, 0.29) is 19.2 Å². The number of amides is 1. The van der Waals surface area contributed by atoms with Crippen molar-refractivity contribution >= 4 is 29.0 Å². The topological polar surface area (TPSA) is 73.9 Å². The van der Waals surface area contributed by atoms with Gasteiger partial charge in [0.1, 0.15) is 5.75 Å². The standard InChI is InChI=1S/C22H16ClNO5/c23-15-6-8-18(17(10-15)22(26)14-4-2-1-3-5-14)24-21(25)12-27-16-7-9-19-20(11-16)29-13-28-19/h1-11H,12-13H2,(H,24,25). The molecule has 0 bridgehead atoms. The van der Waals surface area contributed by atoms with Gasteiger partial charge in [-0.25, -0.2) is 0 Å². The van der Waals surface area contributed by atoms with Crippen LogP contribution in [0.2, 0.25) is 5.02 Å². The average molecular weight is 410 g/mol. The number of rotatable bonds is 6. The molecule has 0 fully saturated rings. The first-order valence-electron chi connectivity index (χ1n) is 8.82. The van der Waals surface area contributed by atoms with Crippen LogP contribution in [0.5, 0.6) is 17.2 Å². The van der Waals surface area contributed by atoms with E-state index < -0.39 is 5.91 Å². The second kappa shape index (κ2) is 8.24. The lowest BCUT2D eigenvalue weighted by Crippen LogP contribution is -2.21. The summed E-state index contributed by atoms with van der Waals surface area (Å²) in [6.45, 7) is -0.0741. The molecular weight excluding hydrogens is 394 g/mol. The third kappa shape index (κ3) is 4.33. The van der Waals surface area contributed by atoms with E-state index in [1.165, 1.54) is 6.07 Å². The summed E-state index contributed by atoms with van der Waals surface area (Å²) in [5.41, 5.74) is 1.17. The molecule has 3 aromatic rings. The number of nitrogens with one attached hydrogen (secondary N) is 1. The number of ether oxygens (including phenoxy) is 3. The van der Waals surface area contributed by atoms with Gasteiger partial charge in [0.25, 0.3) is 5.91 Å². The third-order valence-corrected chi connectivity index (χ3v) is 4.49. The number of hydrogen-bond donors (Lipinski definition) is 1. The van der Waals surface area contributed by atoms with Crippen molar-refractivity contribution in [3.63, 3.8) is 0 Å². The highest BCUT2D eigenvalue weighted by molar-refractivity contribution is 6.31. The van der Waals surface area contributed by atoms with Crippen molar-refractivity contribution in [2.24, 2.45) is 0 Å². The molecule has 0 unspecified atom stereocenters. The van der Waals surface area contributed by atoms with E-state index in [0.717, 1.165) is 0 Å². The molecule has 1 N–H and O–H groups in total. The minimum absolute atomic E-state index is 0.161. The van der Waals surface area contributed by atoms with Gasteiger partial charge in [-0.05, 0) is 30.3 Å². The van der Waals surface area contributed by atoms with Crippen molar-refractivity contribution < 1.29 is 23.8 Å². The predicted molar refractivity (Wildman–Crippen MR) is 108 cm³/mol. The van der Waals surface area contributed by atoms with Crippen molar-refractivity contribution in [1.29, 1.82) is 0 Å². The summed E-state index contributed by atoms with van der Waals surface area (Å²) >= 11 is 6.06. The lowest BCUT2D eigenvalue weighted by Gasteiger charge is -2.12. The second-order valence-corrected chi connectivity index (χ2v) is 6.67. The molecular formula is C22H16ClNO5. The number of halogens is 1. The monoisotopic (exact) mass is 409 g/mol. The maximum absolute atomic E-state index is 12.8. The van der Waals surface area contributed by atoms with Crippen LogP contribution in [0.4, 0.5) is 5.69 Å². The van der Waals surface area contributed by atoms with Gasteiger partial charge in [-0.1, -0.05) is 41.9 Å². The molecule has 4 rings (SSSR count). The molecule has 1 aliphatic rings. The van der Waals surface area contributed by atoms with E-state index in [9.17, 15) is 9.59 Å². The Morgan fingerprint density at radius 3 is 2.59 bits per heavy atom. The first-order valence-corrected chi connectivity index (χ1v) is 9.19. The molecule has 1 heterocycles. The normalized spacial score (nSPS) is 11.8. The molecule has 6 nitrogen and oxygen atoms in total. The summed E-state index contributed by atoms with van der Waals surface area (Å²) in [7, 11) is 0. The molecule has 7 heteroatoms. The molecule has 29 heavy (non-hydrogen) atoms. The smallest absolute Gasteiger partial charge is 0.262 e. The fraction of sp³-hybridized carbons (Fsp3) is 0.0909. The molecule has 0 aromatic heterocycles. The Bertz CT molecular complexity index is 1070. The number of anilines is 1. The molecule has 1 aliphatic heterocycles. The zero-order chi connectivity index (χ0) is 20.2. The molecule has 0 spiro atoms. The quantitative estimate of drug-likeness (QED) is 0.614. The van der Waals surface area contributed by atoms with Crippen molar-refractivity contribution in [1.82, 2.24) is 0 Å². The highest BCUT2D eigenvalue weighted by Crippen LogP contribution is 2.35. The van der Waals surface area contributed by atoms with E-state index >= 15 is 0 Å². The largest absolute Gasteiger partial charge is 0.484 e. The Balaban J connectivity index is 1.46. The lowest BCUT2D eigenvalue weighted by atomic mass is 10.0. The van der Waals surface area contributed by atoms with Gasteiger partial charge in [-0.3, -0.25) is 9.59 Å². The maximum Gasteiger partial charge on any atom is 0.262 e. The molecule has 3 aromatic carbocycles. The highest BCUT2D eigenvalue weighted by atomic mass is 35.5. The number of fused-ring (bicyclic) bond motifs is 1. The predicted octanol–water partition coefficient (Wildman–Crippen LogP) is 4.32. The fourth-order valence-electron chi connectivity index (χ4n) is 2.86. The zero-order valence-electron chi connectivity index (χ0n) is 15.2. The Labute approximate surface area is 172 Å². The van der Waals surface area contributed by atoms with Gasteiger partial charge in [-0.15, -0.1) is 0 Å². The summed E-state index contributed by atoms with van der Waals surface area (Å²) in [5, 5.41) is 3.11. The van der Waals surface area contributed by atoms with Crippen LogP contribution in [0, 0.1) is 0 Å². The van der Waals surface area contributed by atoms with Crippen LogP contribution in [-0.4, -0.2) is 25.1 Å². The van der Waals surface area contributed by atoms with E-state index in [0.29, 0.717) is 39.1 Å². The summed E-state index contributed by atoms with van der Waals surface area (Å²) in [4.78, 5) is 25.2. The number of benzene rings is 3. The number of ketones is 1. The number of carbonyl (C=O) groups excluding carboxylic acids is 2. The highest BCUT2D eigenvalue weighted by Gasteiger charge is 2.17. The SMILES string of the molecule is O=C(COc1ccc2c(c1)OCO2)Nc1ccc(Cl)cc1C(=O)c1ccccc1. The van der Waals surface area contributed by atoms with Gasteiger partial charge >= 0.3 is 0 Å². The summed E-state index contributed by atoms with van der Waals surface area (Å²) in [6, 6.07) is 18.6. The van der Waals surface area contributed by atoms with E-state index in [1.807, 2.05) is 6.07 Å². The van der Waals surface area contributed by atoms with Crippen molar-refractivity contribution in [3.8, 4) is 17.2 Å². The number of hydrogen-bond acceptors (Lipinski definition) is 5. The van der Waals surface area contributed by atoms with Gasteiger partial charge in [0, 0.05) is 22.2 Å². The Morgan fingerprint density at radius 2 is 1.76 bits per heavy atom. The minimum Gasteiger partial charge on any atom is -0.484 e. The van der Waals surface area contributed by atoms with Crippen LogP contribution >= 0.6 is 11.6 Å². The van der Waals surface area contributed by atoms with E-state index in [2.05, 4.69) is 5.32 Å². The zero-order valence-corrected chi connectivity index (χ0v) is 15.9. The minimum atomic E-state index is -0.410. The van der Waals surface area contributed by atoms with Crippen LogP contribution in [0.25, 0.3) is 0 Å².